The van der Waals surface area contributed by atoms with Gasteiger partial charge in [0.25, 0.3) is 5.91 Å². The number of carbonyl (C=O) groups excluding carboxylic acids is 2. The van der Waals surface area contributed by atoms with Crippen LogP contribution in [-0.2, 0) is 9.59 Å². The molecule has 1 fully saturated rings. The molecule has 0 radical (unpaired) electrons. The Labute approximate surface area is 226 Å². The van der Waals surface area contributed by atoms with Crippen LogP contribution in [0.1, 0.15) is 43.0 Å². The third-order valence-corrected chi connectivity index (χ3v) is 7.83. The fourth-order valence-corrected chi connectivity index (χ4v) is 5.79. The summed E-state index contributed by atoms with van der Waals surface area (Å²) in [6.45, 7) is 0.0227. The zero-order valence-electron chi connectivity index (χ0n) is 21.6. The molecule has 1 aliphatic carbocycles. The van der Waals surface area contributed by atoms with Gasteiger partial charge in [-0.3, -0.25) is 14.5 Å². The summed E-state index contributed by atoms with van der Waals surface area (Å²) >= 11 is 1.43. The van der Waals surface area contributed by atoms with Crippen LogP contribution >= 0.6 is 11.3 Å². The molecule has 0 saturated heterocycles. The van der Waals surface area contributed by atoms with Gasteiger partial charge in [0, 0.05) is 29.1 Å². The smallest absolute Gasteiger partial charge is 0.272 e. The third kappa shape index (κ3) is 5.57. The number of anilines is 1. The van der Waals surface area contributed by atoms with Crippen LogP contribution in [0.4, 0.5) is 5.69 Å². The summed E-state index contributed by atoms with van der Waals surface area (Å²) < 4.78 is 23.0. The van der Waals surface area contributed by atoms with E-state index in [2.05, 4.69) is 5.32 Å². The maximum absolute atomic E-state index is 14.3. The lowest BCUT2D eigenvalue weighted by molar-refractivity contribution is -0.132. The van der Waals surface area contributed by atoms with Gasteiger partial charge in [0.1, 0.15) is 24.1 Å². The number of rotatable bonds is 8. The van der Waals surface area contributed by atoms with Gasteiger partial charge in [-0.15, -0.1) is 11.3 Å². The van der Waals surface area contributed by atoms with E-state index < -0.39 is 18.1 Å². The number of fused-ring (bicyclic) bond motifs is 1. The number of nitrogens with zero attached hydrogens (tertiary/aromatic N) is 1. The Morgan fingerprint density at radius 3 is 2.34 bits per heavy atom. The molecule has 2 aromatic carbocycles. The average molecular weight is 537 g/mol. The molecule has 2 aliphatic rings. The number of nitrogens with one attached hydrogen (secondary N) is 1. The quantitative estimate of drug-likeness (QED) is 0.430. The molecule has 1 saturated carbocycles. The number of ether oxygens (including phenoxy) is 4. The highest BCUT2D eigenvalue weighted by molar-refractivity contribution is 7.10. The maximum Gasteiger partial charge on any atom is 0.272 e. The molecule has 38 heavy (non-hydrogen) atoms. The van der Waals surface area contributed by atoms with E-state index in [1.807, 2.05) is 29.6 Å². The monoisotopic (exact) mass is 536 g/mol. The minimum absolute atomic E-state index is 0.0227. The lowest BCUT2D eigenvalue weighted by atomic mass is 9.95. The van der Waals surface area contributed by atoms with Gasteiger partial charge in [-0.05, 0) is 36.4 Å². The SMILES string of the molecule is COc1cc(OC)cc(N(C(=O)[C@@H]2COc3ccccc3O2)[C@@H](C(=O)NC2CCCCC2)c2cccs2)c1. The molecule has 200 valence electrons. The standard InChI is InChI=1S/C29H32N2O6S/c1-34-21-15-20(16-22(17-21)35-2)31(29(33)25-18-36-23-11-6-7-12-24(23)37-25)27(26-13-8-14-38-26)28(32)30-19-9-4-3-5-10-19/h6-8,11-17,19,25,27H,3-5,9-10,18H2,1-2H3,(H,30,32)/t25-,27+/m0/s1. The van der Waals surface area contributed by atoms with Gasteiger partial charge in [0.15, 0.2) is 11.5 Å². The van der Waals surface area contributed by atoms with Crippen molar-refractivity contribution < 1.29 is 28.5 Å². The minimum atomic E-state index is -0.952. The number of benzene rings is 2. The van der Waals surface area contributed by atoms with E-state index in [-0.39, 0.29) is 18.6 Å². The number of methoxy groups -OCH3 is 2. The predicted octanol–water partition coefficient (Wildman–Crippen LogP) is 5.13. The van der Waals surface area contributed by atoms with Gasteiger partial charge < -0.3 is 24.3 Å². The van der Waals surface area contributed by atoms with E-state index in [4.69, 9.17) is 18.9 Å². The van der Waals surface area contributed by atoms with Gasteiger partial charge >= 0.3 is 0 Å². The normalized spacial score (nSPS) is 17.8. The molecule has 1 N–H and O–H groups in total. The largest absolute Gasteiger partial charge is 0.497 e. The Balaban J connectivity index is 1.56. The Hall–Kier alpha value is -3.72. The minimum Gasteiger partial charge on any atom is -0.497 e. The van der Waals surface area contributed by atoms with Crippen molar-refractivity contribution in [2.45, 2.75) is 50.3 Å². The number of para-hydroxylation sites is 2. The van der Waals surface area contributed by atoms with Crippen LogP contribution in [0.2, 0.25) is 0 Å². The molecule has 2 heterocycles. The molecule has 0 unspecified atom stereocenters. The third-order valence-electron chi connectivity index (χ3n) is 6.91. The first-order chi connectivity index (χ1) is 18.6. The number of hydrogen-bond donors (Lipinski definition) is 1. The molecule has 1 aliphatic heterocycles. The first-order valence-electron chi connectivity index (χ1n) is 12.9. The van der Waals surface area contributed by atoms with Crippen LogP contribution in [0.5, 0.6) is 23.0 Å². The van der Waals surface area contributed by atoms with Crippen molar-refractivity contribution in [1.82, 2.24) is 5.32 Å². The van der Waals surface area contributed by atoms with Crippen LogP contribution in [0.3, 0.4) is 0 Å². The molecule has 0 spiro atoms. The van der Waals surface area contributed by atoms with Crippen molar-refractivity contribution in [2.75, 3.05) is 25.7 Å². The van der Waals surface area contributed by atoms with E-state index in [9.17, 15) is 9.59 Å². The second-order valence-corrected chi connectivity index (χ2v) is 10.4. The van der Waals surface area contributed by atoms with E-state index >= 15 is 0 Å². The van der Waals surface area contributed by atoms with Crippen LogP contribution in [0, 0.1) is 0 Å². The lowest BCUT2D eigenvalue weighted by Gasteiger charge is -2.36. The first-order valence-corrected chi connectivity index (χ1v) is 13.7. The average Bonchev–Trinajstić information content (AvgIpc) is 3.49. The Kier molecular flexibility index (Phi) is 8.03. The Morgan fingerprint density at radius 1 is 0.974 bits per heavy atom. The first kappa shape index (κ1) is 25.9. The highest BCUT2D eigenvalue weighted by Gasteiger charge is 2.40. The highest BCUT2D eigenvalue weighted by Crippen LogP contribution is 2.38. The summed E-state index contributed by atoms with van der Waals surface area (Å²) in [6, 6.07) is 15.3. The van der Waals surface area contributed by atoms with Gasteiger partial charge in [0.05, 0.1) is 19.9 Å². The molecule has 5 rings (SSSR count). The van der Waals surface area contributed by atoms with Crippen molar-refractivity contribution in [2.24, 2.45) is 0 Å². The van der Waals surface area contributed by atoms with Crippen molar-refractivity contribution in [3.63, 3.8) is 0 Å². The Bertz CT molecular complexity index is 1240. The number of thiophene rings is 1. The van der Waals surface area contributed by atoms with Crippen LogP contribution in [0.15, 0.2) is 60.0 Å². The predicted molar refractivity (Wildman–Crippen MR) is 145 cm³/mol. The summed E-state index contributed by atoms with van der Waals surface area (Å²) in [4.78, 5) is 30.5. The van der Waals surface area contributed by atoms with E-state index in [1.54, 1.807) is 44.6 Å². The molecule has 3 aromatic rings. The van der Waals surface area contributed by atoms with Crippen molar-refractivity contribution in [3.05, 3.63) is 64.9 Å². The summed E-state index contributed by atoms with van der Waals surface area (Å²) in [5, 5.41) is 5.13. The zero-order valence-corrected chi connectivity index (χ0v) is 22.4. The van der Waals surface area contributed by atoms with Gasteiger partial charge in [-0.1, -0.05) is 37.5 Å². The number of carbonyl (C=O) groups is 2. The van der Waals surface area contributed by atoms with Crippen molar-refractivity contribution in [1.29, 1.82) is 0 Å². The maximum atomic E-state index is 14.3. The summed E-state index contributed by atoms with van der Waals surface area (Å²) in [7, 11) is 3.10. The summed E-state index contributed by atoms with van der Waals surface area (Å²) in [5.41, 5.74) is 0.464. The summed E-state index contributed by atoms with van der Waals surface area (Å²) in [5.74, 6) is 1.44. The van der Waals surface area contributed by atoms with E-state index in [0.29, 0.717) is 28.7 Å². The summed E-state index contributed by atoms with van der Waals surface area (Å²) in [6.07, 6.45) is 4.25. The van der Waals surface area contributed by atoms with Crippen LogP contribution in [-0.4, -0.2) is 44.8 Å². The second-order valence-electron chi connectivity index (χ2n) is 9.40. The fourth-order valence-electron chi connectivity index (χ4n) is 4.98. The molecule has 9 heteroatoms. The van der Waals surface area contributed by atoms with Gasteiger partial charge in [-0.25, -0.2) is 0 Å². The molecular formula is C29H32N2O6S. The van der Waals surface area contributed by atoms with Gasteiger partial charge in [-0.2, -0.15) is 0 Å². The zero-order chi connectivity index (χ0) is 26.5. The lowest BCUT2D eigenvalue weighted by Crippen LogP contribution is -2.52. The van der Waals surface area contributed by atoms with Crippen molar-refractivity contribution >= 4 is 28.8 Å². The van der Waals surface area contributed by atoms with Crippen LogP contribution in [0.25, 0.3) is 0 Å². The molecule has 0 bridgehead atoms. The topological polar surface area (TPSA) is 86.3 Å². The molecule has 2 amide bonds. The molecule has 1 aromatic heterocycles. The molecular weight excluding hydrogens is 504 g/mol. The van der Waals surface area contributed by atoms with Gasteiger partial charge in [0.2, 0.25) is 12.0 Å². The second kappa shape index (κ2) is 11.8. The molecule has 8 nitrogen and oxygen atoms in total. The number of amides is 2. The number of hydrogen-bond acceptors (Lipinski definition) is 7. The van der Waals surface area contributed by atoms with Crippen molar-refractivity contribution in [3.8, 4) is 23.0 Å². The molecule has 2 atom stereocenters. The van der Waals surface area contributed by atoms with E-state index in [0.717, 1.165) is 30.6 Å². The highest BCUT2D eigenvalue weighted by atomic mass is 32.1. The fraction of sp³-hybridized carbons (Fsp3) is 0.379. The van der Waals surface area contributed by atoms with E-state index in [1.165, 1.54) is 22.7 Å². The Morgan fingerprint density at radius 2 is 1.68 bits per heavy atom. The van der Waals surface area contributed by atoms with Crippen LogP contribution < -0.4 is 29.2 Å².